The van der Waals surface area contributed by atoms with Crippen LogP contribution in [-0.2, 0) is 4.79 Å². The summed E-state index contributed by atoms with van der Waals surface area (Å²) in [5.74, 6) is -0.932. The number of hydrogen-bond donors (Lipinski definition) is 3. The van der Waals surface area contributed by atoms with Gasteiger partial charge in [-0.15, -0.1) is 0 Å². The molecule has 6 nitrogen and oxygen atoms in total. The molecule has 108 valence electrons. The van der Waals surface area contributed by atoms with E-state index in [0.29, 0.717) is 12.8 Å². The lowest BCUT2D eigenvalue weighted by atomic mass is 9.86. The average Bonchev–Trinajstić information content (AvgIpc) is 2.68. The first-order valence-corrected chi connectivity index (χ1v) is 7.16. The molecule has 1 saturated heterocycles. The van der Waals surface area contributed by atoms with Gasteiger partial charge in [0.1, 0.15) is 0 Å². The zero-order chi connectivity index (χ0) is 13.7. The highest BCUT2D eigenvalue weighted by atomic mass is 16.4. The second-order valence-electron chi connectivity index (χ2n) is 5.43. The summed E-state index contributed by atoms with van der Waals surface area (Å²) in [5.41, 5.74) is 0. The molecule has 0 radical (unpaired) electrons. The molecular weight excluding hydrogens is 246 g/mol. The Morgan fingerprint density at radius 3 is 2.53 bits per heavy atom. The van der Waals surface area contributed by atoms with Gasteiger partial charge in [0.25, 0.3) is 0 Å². The minimum absolute atomic E-state index is 0.00229. The SMILES string of the molecule is O=C(O)C1CCC(NC(=O)N2CCCNCC2)CC1. The summed E-state index contributed by atoms with van der Waals surface area (Å²) in [6.07, 6.45) is 3.87. The molecule has 1 aliphatic carbocycles. The Morgan fingerprint density at radius 2 is 1.84 bits per heavy atom. The van der Waals surface area contributed by atoms with Gasteiger partial charge >= 0.3 is 12.0 Å². The van der Waals surface area contributed by atoms with E-state index < -0.39 is 5.97 Å². The number of carboxylic acids is 1. The summed E-state index contributed by atoms with van der Waals surface area (Å²) in [6.45, 7) is 3.35. The molecule has 0 aromatic rings. The van der Waals surface area contributed by atoms with Crippen LogP contribution >= 0.6 is 0 Å². The highest BCUT2D eigenvalue weighted by Crippen LogP contribution is 2.24. The van der Waals surface area contributed by atoms with Crippen molar-refractivity contribution in [2.75, 3.05) is 26.2 Å². The number of urea groups is 1. The first-order valence-electron chi connectivity index (χ1n) is 7.16. The molecule has 1 saturated carbocycles. The highest BCUT2D eigenvalue weighted by Gasteiger charge is 2.27. The Balaban J connectivity index is 1.75. The van der Waals surface area contributed by atoms with Gasteiger partial charge in [-0.05, 0) is 38.6 Å². The summed E-state index contributed by atoms with van der Waals surface area (Å²) in [7, 11) is 0. The van der Waals surface area contributed by atoms with E-state index in [4.69, 9.17) is 5.11 Å². The van der Waals surface area contributed by atoms with E-state index in [1.807, 2.05) is 4.90 Å². The first-order chi connectivity index (χ1) is 9.16. The van der Waals surface area contributed by atoms with Gasteiger partial charge in [0.15, 0.2) is 0 Å². The molecule has 0 atom stereocenters. The van der Waals surface area contributed by atoms with Gasteiger partial charge in [-0.1, -0.05) is 0 Å². The quantitative estimate of drug-likeness (QED) is 0.687. The maximum absolute atomic E-state index is 12.1. The third-order valence-corrected chi connectivity index (χ3v) is 4.03. The molecule has 2 amide bonds. The Bertz CT molecular complexity index is 319. The van der Waals surface area contributed by atoms with E-state index in [9.17, 15) is 9.59 Å². The molecule has 2 fully saturated rings. The molecule has 0 aromatic heterocycles. The topological polar surface area (TPSA) is 81.7 Å². The molecule has 19 heavy (non-hydrogen) atoms. The van der Waals surface area contributed by atoms with Crippen LogP contribution in [0.15, 0.2) is 0 Å². The minimum atomic E-state index is -0.705. The van der Waals surface area contributed by atoms with Crippen LogP contribution in [0.3, 0.4) is 0 Å². The first kappa shape index (κ1) is 14.1. The van der Waals surface area contributed by atoms with Crippen molar-refractivity contribution in [1.82, 2.24) is 15.5 Å². The number of hydrogen-bond acceptors (Lipinski definition) is 3. The molecule has 0 bridgehead atoms. The lowest BCUT2D eigenvalue weighted by Crippen LogP contribution is -2.47. The maximum atomic E-state index is 12.1. The van der Waals surface area contributed by atoms with Crippen molar-refractivity contribution in [2.24, 2.45) is 5.92 Å². The van der Waals surface area contributed by atoms with Crippen LogP contribution in [0, 0.1) is 5.92 Å². The third kappa shape index (κ3) is 4.09. The van der Waals surface area contributed by atoms with Gasteiger partial charge in [0.2, 0.25) is 0 Å². The predicted octanol–water partition coefficient (Wildman–Crippen LogP) is 0.635. The molecule has 0 unspecified atom stereocenters. The van der Waals surface area contributed by atoms with Crippen molar-refractivity contribution in [3.05, 3.63) is 0 Å². The van der Waals surface area contributed by atoms with Crippen LogP contribution in [0.5, 0.6) is 0 Å². The second kappa shape index (κ2) is 6.75. The largest absolute Gasteiger partial charge is 0.481 e. The summed E-state index contributed by atoms with van der Waals surface area (Å²) in [5, 5.41) is 15.2. The van der Waals surface area contributed by atoms with E-state index in [1.165, 1.54) is 0 Å². The van der Waals surface area contributed by atoms with Gasteiger partial charge in [0.05, 0.1) is 5.92 Å². The molecule has 6 heteroatoms. The lowest BCUT2D eigenvalue weighted by Gasteiger charge is -2.29. The number of carboxylic acid groups (broad SMARTS) is 1. The Morgan fingerprint density at radius 1 is 1.11 bits per heavy atom. The van der Waals surface area contributed by atoms with E-state index >= 15 is 0 Å². The predicted molar refractivity (Wildman–Crippen MR) is 71.0 cm³/mol. The van der Waals surface area contributed by atoms with Crippen molar-refractivity contribution in [3.63, 3.8) is 0 Å². The zero-order valence-corrected chi connectivity index (χ0v) is 11.2. The normalized spacial score (nSPS) is 28.5. The number of carbonyl (C=O) groups excluding carboxylic acids is 1. The van der Waals surface area contributed by atoms with Crippen molar-refractivity contribution in [2.45, 2.75) is 38.1 Å². The number of aliphatic carboxylic acids is 1. The molecule has 1 heterocycles. The number of amides is 2. The van der Waals surface area contributed by atoms with Crippen LogP contribution in [0.2, 0.25) is 0 Å². The van der Waals surface area contributed by atoms with E-state index in [-0.39, 0.29) is 18.0 Å². The molecule has 2 aliphatic rings. The zero-order valence-electron chi connectivity index (χ0n) is 11.2. The van der Waals surface area contributed by atoms with Gasteiger partial charge in [-0.25, -0.2) is 4.79 Å². The lowest BCUT2D eigenvalue weighted by molar-refractivity contribution is -0.142. The van der Waals surface area contributed by atoms with Crippen molar-refractivity contribution in [3.8, 4) is 0 Å². The molecule has 3 N–H and O–H groups in total. The van der Waals surface area contributed by atoms with Crippen molar-refractivity contribution < 1.29 is 14.7 Å². The van der Waals surface area contributed by atoms with E-state index in [2.05, 4.69) is 10.6 Å². The van der Waals surface area contributed by atoms with Crippen LogP contribution in [-0.4, -0.2) is 54.2 Å². The number of nitrogens with one attached hydrogen (secondary N) is 2. The second-order valence-corrected chi connectivity index (χ2v) is 5.43. The van der Waals surface area contributed by atoms with Gasteiger partial charge in [-0.2, -0.15) is 0 Å². The summed E-state index contributed by atoms with van der Waals surface area (Å²) < 4.78 is 0. The van der Waals surface area contributed by atoms with Crippen LogP contribution in [0.4, 0.5) is 4.79 Å². The monoisotopic (exact) mass is 269 g/mol. The Labute approximate surface area is 113 Å². The molecule has 2 rings (SSSR count). The smallest absolute Gasteiger partial charge is 0.317 e. The fourth-order valence-corrected chi connectivity index (χ4v) is 2.80. The molecule has 0 spiro atoms. The summed E-state index contributed by atoms with van der Waals surface area (Å²) in [4.78, 5) is 24.8. The highest BCUT2D eigenvalue weighted by molar-refractivity contribution is 5.74. The number of carbonyl (C=O) groups is 2. The number of rotatable bonds is 2. The fraction of sp³-hybridized carbons (Fsp3) is 0.846. The van der Waals surface area contributed by atoms with Gasteiger partial charge in [-0.3, -0.25) is 4.79 Å². The standard InChI is InChI=1S/C13H23N3O3/c17-12(18)10-2-4-11(5-3-10)15-13(19)16-8-1-6-14-7-9-16/h10-11,14H,1-9H2,(H,15,19)(H,17,18). The summed E-state index contributed by atoms with van der Waals surface area (Å²) >= 11 is 0. The molecule has 1 aliphatic heterocycles. The van der Waals surface area contributed by atoms with E-state index in [0.717, 1.165) is 45.4 Å². The fourth-order valence-electron chi connectivity index (χ4n) is 2.80. The van der Waals surface area contributed by atoms with Crippen molar-refractivity contribution in [1.29, 1.82) is 0 Å². The number of nitrogens with zero attached hydrogens (tertiary/aromatic N) is 1. The van der Waals surface area contributed by atoms with Crippen LogP contribution in [0.1, 0.15) is 32.1 Å². The Kier molecular flexibility index (Phi) is 5.01. The van der Waals surface area contributed by atoms with E-state index in [1.54, 1.807) is 0 Å². The molecular formula is C13H23N3O3. The molecule has 0 aromatic carbocycles. The summed E-state index contributed by atoms with van der Waals surface area (Å²) in [6, 6.07) is 0.141. The van der Waals surface area contributed by atoms with Gasteiger partial charge in [0, 0.05) is 25.7 Å². The minimum Gasteiger partial charge on any atom is -0.481 e. The van der Waals surface area contributed by atoms with Crippen molar-refractivity contribution >= 4 is 12.0 Å². The average molecular weight is 269 g/mol. The van der Waals surface area contributed by atoms with Crippen LogP contribution < -0.4 is 10.6 Å². The van der Waals surface area contributed by atoms with Crippen LogP contribution in [0.25, 0.3) is 0 Å². The van der Waals surface area contributed by atoms with Gasteiger partial charge < -0.3 is 20.6 Å². The third-order valence-electron chi connectivity index (χ3n) is 4.03. The maximum Gasteiger partial charge on any atom is 0.317 e. The Hall–Kier alpha value is -1.30.